The summed E-state index contributed by atoms with van der Waals surface area (Å²) in [6.45, 7) is 4.10. The van der Waals surface area contributed by atoms with Crippen LogP contribution in [0, 0.1) is 0 Å². The first-order chi connectivity index (χ1) is 4.66. The molecule has 0 bridgehead atoms. The number of nitrogens with two attached hydrogens (primary N) is 1. The highest BCUT2D eigenvalue weighted by Gasteiger charge is 1.90. The van der Waals surface area contributed by atoms with Crippen LogP contribution < -0.4 is 5.84 Å². The van der Waals surface area contributed by atoms with Gasteiger partial charge in [0.05, 0.1) is 6.04 Å². The Morgan fingerprint density at radius 1 is 1.60 bits per heavy atom. The van der Waals surface area contributed by atoms with E-state index in [-0.39, 0.29) is 12.8 Å². The van der Waals surface area contributed by atoms with Crippen LogP contribution in [0.3, 0.4) is 0 Å². The second-order valence-corrected chi connectivity index (χ2v) is 2.16. The van der Waals surface area contributed by atoms with Gasteiger partial charge in [-0.25, -0.2) is 5.84 Å². The molecule has 0 aromatic rings. The number of ether oxygens (including phenoxy) is 1. The molecule has 0 spiro atoms. The number of hydrogen-bond donors (Lipinski definition) is 1. The van der Waals surface area contributed by atoms with Crippen LogP contribution in [0.15, 0.2) is 10.3 Å². The maximum absolute atomic E-state index is 5.28. The van der Waals surface area contributed by atoms with Crippen LogP contribution in [-0.2, 0) is 4.74 Å². The Morgan fingerprint density at radius 3 is 2.60 bits per heavy atom. The molecule has 0 aromatic carbocycles. The van der Waals surface area contributed by atoms with E-state index < -0.39 is 0 Å². The van der Waals surface area contributed by atoms with Gasteiger partial charge in [0.15, 0.2) is 6.73 Å². The van der Waals surface area contributed by atoms with Gasteiger partial charge in [0.1, 0.15) is 0 Å². The molecule has 60 valence electrons. The maximum Gasteiger partial charge on any atom is 0.152 e. The zero-order valence-corrected chi connectivity index (χ0v) is 6.61. The summed E-state index contributed by atoms with van der Waals surface area (Å²) in [5.74, 6) is 5.28. The van der Waals surface area contributed by atoms with Crippen LogP contribution in [0.4, 0.5) is 0 Å². The summed E-state index contributed by atoms with van der Waals surface area (Å²) in [6.07, 6.45) is 0. The smallest absolute Gasteiger partial charge is 0.152 e. The summed E-state index contributed by atoms with van der Waals surface area (Å²) in [5.41, 5.74) is 0. The standard InChI is InChI=1S/C5H14N4O/c1-5(2)7-8-9(6)4-10-3/h5H,4,6H2,1-3H3. The summed E-state index contributed by atoms with van der Waals surface area (Å²) >= 11 is 0. The Bertz CT molecular complexity index is 104. The summed E-state index contributed by atoms with van der Waals surface area (Å²) in [5, 5.41) is 8.55. The van der Waals surface area contributed by atoms with Gasteiger partial charge in [-0.15, -0.1) is 0 Å². The molecule has 0 atom stereocenters. The lowest BCUT2D eigenvalue weighted by Crippen LogP contribution is -2.26. The highest BCUT2D eigenvalue weighted by atomic mass is 16.5. The molecule has 0 aromatic heterocycles. The van der Waals surface area contributed by atoms with Gasteiger partial charge in [-0.05, 0) is 13.8 Å². The van der Waals surface area contributed by atoms with Crippen molar-refractivity contribution < 1.29 is 4.74 Å². The Hall–Kier alpha value is -0.680. The minimum Gasteiger partial charge on any atom is -0.361 e. The minimum atomic E-state index is 0.169. The fraction of sp³-hybridized carbons (Fsp3) is 1.00. The molecule has 0 aliphatic heterocycles. The van der Waals surface area contributed by atoms with Crippen LogP contribution in [0.25, 0.3) is 0 Å². The average molecular weight is 146 g/mol. The Morgan fingerprint density at radius 2 is 2.20 bits per heavy atom. The summed E-state index contributed by atoms with van der Waals surface area (Å²) in [7, 11) is 1.55. The molecule has 0 saturated carbocycles. The van der Waals surface area contributed by atoms with E-state index in [0.29, 0.717) is 0 Å². The zero-order chi connectivity index (χ0) is 7.98. The van der Waals surface area contributed by atoms with Crippen molar-refractivity contribution in [3.8, 4) is 0 Å². The first kappa shape index (κ1) is 9.32. The highest BCUT2D eigenvalue weighted by Crippen LogP contribution is 1.88. The quantitative estimate of drug-likeness (QED) is 0.272. The summed E-state index contributed by atoms with van der Waals surface area (Å²) in [4.78, 5) is 0. The van der Waals surface area contributed by atoms with Gasteiger partial charge < -0.3 is 4.74 Å². The Balaban J connectivity index is 3.45. The van der Waals surface area contributed by atoms with E-state index in [1.807, 2.05) is 13.8 Å². The van der Waals surface area contributed by atoms with Gasteiger partial charge in [0.25, 0.3) is 0 Å². The molecule has 0 aliphatic rings. The van der Waals surface area contributed by atoms with Crippen LogP contribution in [0.5, 0.6) is 0 Å². The molecule has 0 saturated heterocycles. The first-order valence-electron chi connectivity index (χ1n) is 3.08. The molecule has 0 fully saturated rings. The second-order valence-electron chi connectivity index (χ2n) is 2.16. The van der Waals surface area contributed by atoms with E-state index in [1.54, 1.807) is 7.11 Å². The van der Waals surface area contributed by atoms with E-state index in [9.17, 15) is 0 Å². The third-order valence-corrected chi connectivity index (χ3v) is 0.659. The summed E-state index contributed by atoms with van der Waals surface area (Å²) in [6, 6.07) is 0.169. The second kappa shape index (κ2) is 5.13. The average Bonchev–Trinajstić information content (AvgIpc) is 1.85. The van der Waals surface area contributed by atoms with Crippen molar-refractivity contribution in [3.63, 3.8) is 0 Å². The normalized spacial score (nSPS) is 11.3. The number of hydrazine groups is 1. The lowest BCUT2D eigenvalue weighted by atomic mass is 10.4. The van der Waals surface area contributed by atoms with Crippen molar-refractivity contribution in [2.24, 2.45) is 16.2 Å². The molecule has 5 nitrogen and oxygen atoms in total. The zero-order valence-electron chi connectivity index (χ0n) is 6.61. The number of rotatable bonds is 4. The molecule has 0 amide bonds. The molecule has 0 unspecified atom stereocenters. The van der Waals surface area contributed by atoms with Gasteiger partial charge >= 0.3 is 0 Å². The predicted molar refractivity (Wildman–Crippen MR) is 37.9 cm³/mol. The molecule has 0 heterocycles. The molecular weight excluding hydrogens is 132 g/mol. The lowest BCUT2D eigenvalue weighted by Gasteiger charge is -2.08. The maximum atomic E-state index is 5.28. The Kier molecular flexibility index (Phi) is 4.78. The fourth-order valence-electron chi connectivity index (χ4n) is 0.328. The number of methoxy groups -OCH3 is 1. The molecule has 0 rings (SSSR count). The molecule has 2 N–H and O–H groups in total. The molecule has 5 heteroatoms. The van der Waals surface area contributed by atoms with Gasteiger partial charge in [-0.2, -0.15) is 10.2 Å². The van der Waals surface area contributed by atoms with Gasteiger partial charge in [0.2, 0.25) is 0 Å². The molecular formula is C5H14N4O. The SMILES string of the molecule is COCN(N)N=NC(C)C. The monoisotopic (exact) mass is 146 g/mol. The predicted octanol–water partition coefficient (Wildman–Crippen LogP) is 0.542. The van der Waals surface area contributed by atoms with Crippen molar-refractivity contribution >= 4 is 0 Å². The minimum absolute atomic E-state index is 0.169. The molecule has 0 radical (unpaired) electrons. The van der Waals surface area contributed by atoms with Crippen LogP contribution in [0.1, 0.15) is 13.8 Å². The van der Waals surface area contributed by atoms with Gasteiger partial charge in [-0.3, -0.25) is 0 Å². The van der Waals surface area contributed by atoms with Crippen molar-refractivity contribution in [1.82, 2.24) is 5.12 Å². The Labute approximate surface area is 60.8 Å². The van der Waals surface area contributed by atoms with Gasteiger partial charge in [-0.1, -0.05) is 5.22 Å². The fourth-order valence-corrected chi connectivity index (χ4v) is 0.328. The topological polar surface area (TPSA) is 63.2 Å². The van der Waals surface area contributed by atoms with E-state index in [0.717, 1.165) is 5.12 Å². The highest BCUT2D eigenvalue weighted by molar-refractivity contribution is 4.42. The van der Waals surface area contributed by atoms with E-state index >= 15 is 0 Å². The number of hydrogen-bond acceptors (Lipinski definition) is 4. The van der Waals surface area contributed by atoms with E-state index in [2.05, 4.69) is 15.1 Å². The lowest BCUT2D eigenvalue weighted by molar-refractivity contribution is 0.0578. The van der Waals surface area contributed by atoms with Crippen LogP contribution >= 0.6 is 0 Å². The van der Waals surface area contributed by atoms with E-state index in [4.69, 9.17) is 5.84 Å². The number of nitrogens with zero attached hydrogens (tertiary/aromatic N) is 3. The summed E-state index contributed by atoms with van der Waals surface area (Å²) < 4.78 is 4.68. The van der Waals surface area contributed by atoms with E-state index in [1.165, 1.54) is 0 Å². The van der Waals surface area contributed by atoms with Crippen molar-refractivity contribution in [3.05, 3.63) is 0 Å². The van der Waals surface area contributed by atoms with Gasteiger partial charge in [0, 0.05) is 7.11 Å². The van der Waals surface area contributed by atoms with Crippen molar-refractivity contribution in [2.75, 3.05) is 13.8 Å². The van der Waals surface area contributed by atoms with Crippen LogP contribution in [0.2, 0.25) is 0 Å². The van der Waals surface area contributed by atoms with Crippen molar-refractivity contribution in [1.29, 1.82) is 0 Å². The molecule has 10 heavy (non-hydrogen) atoms. The molecule has 0 aliphatic carbocycles. The largest absolute Gasteiger partial charge is 0.361 e. The first-order valence-corrected chi connectivity index (χ1v) is 3.08. The third kappa shape index (κ3) is 5.46. The third-order valence-electron chi connectivity index (χ3n) is 0.659. The van der Waals surface area contributed by atoms with Crippen LogP contribution in [-0.4, -0.2) is 25.0 Å². The van der Waals surface area contributed by atoms with Crippen molar-refractivity contribution in [2.45, 2.75) is 19.9 Å².